The summed E-state index contributed by atoms with van der Waals surface area (Å²) in [5.74, 6) is 0.930. The van der Waals surface area contributed by atoms with E-state index in [-0.39, 0.29) is 0 Å². The summed E-state index contributed by atoms with van der Waals surface area (Å²) in [6, 6.07) is 9.76. The molecule has 2 rings (SSSR count). The molecule has 1 fully saturated rings. The average Bonchev–Trinajstić information content (AvgIpc) is 2.57. The minimum Gasteiger partial charge on any atom is -0.378 e. The third-order valence-corrected chi connectivity index (χ3v) is 3.89. The molecule has 0 radical (unpaired) electrons. The van der Waals surface area contributed by atoms with E-state index < -0.39 is 0 Å². The molecule has 0 saturated carbocycles. The Hall–Kier alpha value is -2.06. The number of hydrogen-bond donors (Lipinski definition) is 1. The molecule has 5 nitrogen and oxygen atoms in total. The molecular formula is C17H24N4O. The maximum atomic E-state index is 8.81. The molecule has 1 saturated heterocycles. The first-order valence-corrected chi connectivity index (χ1v) is 7.83. The van der Waals surface area contributed by atoms with E-state index >= 15 is 0 Å². The molecule has 0 bridgehead atoms. The van der Waals surface area contributed by atoms with Crippen molar-refractivity contribution in [2.75, 3.05) is 26.7 Å². The van der Waals surface area contributed by atoms with Crippen molar-refractivity contribution >= 4 is 5.96 Å². The van der Waals surface area contributed by atoms with Crippen LogP contribution in [0.1, 0.15) is 30.9 Å². The van der Waals surface area contributed by atoms with Crippen LogP contribution >= 0.6 is 0 Å². The number of nitrogens with zero attached hydrogens (tertiary/aromatic N) is 3. The van der Waals surface area contributed by atoms with Gasteiger partial charge in [0.05, 0.1) is 17.7 Å². The first kappa shape index (κ1) is 16.3. The van der Waals surface area contributed by atoms with E-state index in [2.05, 4.69) is 21.3 Å². The van der Waals surface area contributed by atoms with Crippen LogP contribution in [0.3, 0.4) is 0 Å². The minimum absolute atomic E-state index is 0.387. The van der Waals surface area contributed by atoms with Crippen LogP contribution in [-0.2, 0) is 11.3 Å². The molecule has 5 heteroatoms. The molecule has 0 amide bonds. The summed E-state index contributed by atoms with van der Waals surface area (Å²) >= 11 is 0. The van der Waals surface area contributed by atoms with Crippen LogP contribution < -0.4 is 5.32 Å². The predicted molar refractivity (Wildman–Crippen MR) is 87.6 cm³/mol. The zero-order chi connectivity index (χ0) is 15.8. The Morgan fingerprint density at radius 2 is 2.05 bits per heavy atom. The van der Waals surface area contributed by atoms with Crippen molar-refractivity contribution in [3.8, 4) is 6.07 Å². The zero-order valence-electron chi connectivity index (χ0n) is 13.4. The topological polar surface area (TPSA) is 60.6 Å². The largest absolute Gasteiger partial charge is 0.378 e. The lowest BCUT2D eigenvalue weighted by molar-refractivity contribution is 0.0263. The Kier molecular flexibility index (Phi) is 6.23. The second-order valence-corrected chi connectivity index (χ2v) is 5.35. The number of guanidine groups is 1. The van der Waals surface area contributed by atoms with Crippen molar-refractivity contribution < 1.29 is 4.74 Å². The minimum atomic E-state index is 0.387. The Morgan fingerprint density at radius 1 is 1.36 bits per heavy atom. The van der Waals surface area contributed by atoms with Crippen LogP contribution in [0.15, 0.2) is 29.3 Å². The maximum absolute atomic E-state index is 8.81. The molecule has 0 spiro atoms. The van der Waals surface area contributed by atoms with Gasteiger partial charge in [-0.2, -0.15) is 5.26 Å². The highest BCUT2D eigenvalue weighted by Gasteiger charge is 2.21. The molecule has 1 N–H and O–H groups in total. The van der Waals surface area contributed by atoms with Gasteiger partial charge in [0.25, 0.3) is 0 Å². The van der Waals surface area contributed by atoms with E-state index in [1.54, 1.807) is 0 Å². The number of hydrogen-bond acceptors (Lipinski definition) is 3. The maximum Gasteiger partial charge on any atom is 0.193 e. The van der Waals surface area contributed by atoms with E-state index in [0.717, 1.165) is 44.1 Å². The Balaban J connectivity index is 1.84. The molecule has 1 aromatic carbocycles. The Morgan fingerprint density at radius 3 is 2.59 bits per heavy atom. The molecule has 1 heterocycles. The van der Waals surface area contributed by atoms with Gasteiger partial charge in [0.1, 0.15) is 0 Å². The van der Waals surface area contributed by atoms with Crippen LogP contribution in [0.25, 0.3) is 0 Å². The van der Waals surface area contributed by atoms with Gasteiger partial charge in [-0.25, -0.2) is 0 Å². The van der Waals surface area contributed by atoms with Crippen molar-refractivity contribution in [3.05, 3.63) is 35.4 Å². The normalized spacial score (nSPS) is 16.4. The molecule has 1 aliphatic heterocycles. The summed E-state index contributed by atoms with van der Waals surface area (Å²) < 4.78 is 5.68. The van der Waals surface area contributed by atoms with E-state index in [4.69, 9.17) is 10.00 Å². The van der Waals surface area contributed by atoms with Gasteiger partial charge in [-0.15, -0.1) is 0 Å². The summed E-state index contributed by atoms with van der Waals surface area (Å²) in [7, 11) is 1.82. The van der Waals surface area contributed by atoms with Crippen LogP contribution in [0.5, 0.6) is 0 Å². The second-order valence-electron chi connectivity index (χ2n) is 5.35. The van der Waals surface area contributed by atoms with E-state index in [1.165, 1.54) is 0 Å². The van der Waals surface area contributed by atoms with Gasteiger partial charge in [0.15, 0.2) is 5.96 Å². The van der Waals surface area contributed by atoms with E-state index in [9.17, 15) is 0 Å². The highest BCUT2D eigenvalue weighted by atomic mass is 16.5. The standard InChI is InChI=1S/C17H24N4O/c1-3-22-16-8-10-21(11-9-16)17(19-2)20-13-15-6-4-14(12-18)5-7-15/h4-7,16H,3,8-11,13H2,1-2H3,(H,19,20). The number of rotatable bonds is 4. The van der Waals surface area contributed by atoms with Gasteiger partial charge in [0.2, 0.25) is 0 Å². The summed E-state index contributed by atoms with van der Waals surface area (Å²) in [4.78, 5) is 6.65. The number of ether oxygens (including phenoxy) is 1. The lowest BCUT2D eigenvalue weighted by Gasteiger charge is -2.34. The lowest BCUT2D eigenvalue weighted by atomic mass is 10.1. The van der Waals surface area contributed by atoms with Crippen molar-refractivity contribution in [3.63, 3.8) is 0 Å². The van der Waals surface area contributed by atoms with Gasteiger partial charge in [-0.1, -0.05) is 12.1 Å². The van der Waals surface area contributed by atoms with Gasteiger partial charge in [-0.3, -0.25) is 4.99 Å². The van der Waals surface area contributed by atoms with Gasteiger partial charge < -0.3 is 15.0 Å². The highest BCUT2D eigenvalue weighted by Crippen LogP contribution is 2.14. The third-order valence-electron chi connectivity index (χ3n) is 3.89. The molecule has 0 atom stereocenters. The lowest BCUT2D eigenvalue weighted by Crippen LogP contribution is -2.46. The predicted octanol–water partition coefficient (Wildman–Crippen LogP) is 2.13. The Labute approximate surface area is 132 Å². The van der Waals surface area contributed by atoms with Gasteiger partial charge >= 0.3 is 0 Å². The van der Waals surface area contributed by atoms with Crippen molar-refractivity contribution in [1.82, 2.24) is 10.2 Å². The van der Waals surface area contributed by atoms with Crippen LogP contribution in [0.2, 0.25) is 0 Å². The number of likely N-dealkylation sites (tertiary alicyclic amines) is 1. The monoisotopic (exact) mass is 300 g/mol. The fraction of sp³-hybridized carbons (Fsp3) is 0.529. The summed E-state index contributed by atoms with van der Waals surface area (Å²) in [5, 5.41) is 12.2. The van der Waals surface area contributed by atoms with Crippen LogP contribution in [0, 0.1) is 11.3 Å². The summed E-state index contributed by atoms with van der Waals surface area (Å²) in [6.45, 7) is 5.49. The highest BCUT2D eigenvalue weighted by molar-refractivity contribution is 5.79. The summed E-state index contributed by atoms with van der Waals surface area (Å²) in [6.07, 6.45) is 2.48. The zero-order valence-corrected chi connectivity index (χ0v) is 13.4. The number of benzene rings is 1. The molecule has 118 valence electrons. The second kappa shape index (κ2) is 8.40. The number of piperidine rings is 1. The van der Waals surface area contributed by atoms with Crippen molar-refractivity contribution in [1.29, 1.82) is 5.26 Å². The van der Waals surface area contributed by atoms with Crippen molar-refractivity contribution in [2.24, 2.45) is 4.99 Å². The van der Waals surface area contributed by atoms with E-state index in [1.807, 2.05) is 38.2 Å². The molecular weight excluding hydrogens is 276 g/mol. The number of nitriles is 1. The van der Waals surface area contributed by atoms with Crippen molar-refractivity contribution in [2.45, 2.75) is 32.4 Å². The molecule has 0 aliphatic carbocycles. The quantitative estimate of drug-likeness (QED) is 0.683. The molecule has 0 aromatic heterocycles. The summed E-state index contributed by atoms with van der Waals surface area (Å²) in [5.41, 5.74) is 1.83. The average molecular weight is 300 g/mol. The van der Waals surface area contributed by atoms with Crippen LogP contribution in [-0.4, -0.2) is 43.7 Å². The molecule has 1 aliphatic rings. The fourth-order valence-corrected chi connectivity index (χ4v) is 2.68. The van der Waals surface area contributed by atoms with Gasteiger partial charge in [-0.05, 0) is 37.5 Å². The number of aliphatic imine (C=N–C) groups is 1. The van der Waals surface area contributed by atoms with Crippen LogP contribution in [0.4, 0.5) is 0 Å². The molecule has 1 aromatic rings. The first-order chi connectivity index (χ1) is 10.8. The third kappa shape index (κ3) is 4.47. The Bertz CT molecular complexity index is 525. The molecule has 0 unspecified atom stereocenters. The SMILES string of the molecule is CCOC1CCN(C(=NC)NCc2ccc(C#N)cc2)CC1. The van der Waals surface area contributed by atoms with E-state index in [0.29, 0.717) is 18.2 Å². The first-order valence-electron chi connectivity index (χ1n) is 7.83. The van der Waals surface area contributed by atoms with Gasteiger partial charge in [0, 0.05) is 33.3 Å². The smallest absolute Gasteiger partial charge is 0.193 e. The number of nitrogens with one attached hydrogen (secondary N) is 1. The fourth-order valence-electron chi connectivity index (χ4n) is 2.68. The molecule has 22 heavy (non-hydrogen) atoms.